The maximum atomic E-state index is 11.2. The van der Waals surface area contributed by atoms with Gasteiger partial charge in [-0.3, -0.25) is 4.79 Å². The van der Waals surface area contributed by atoms with Crippen LogP contribution in [0.25, 0.3) is 0 Å². The van der Waals surface area contributed by atoms with Crippen LogP contribution in [0.3, 0.4) is 0 Å². The highest BCUT2D eigenvalue weighted by atomic mass is 32.2. The summed E-state index contributed by atoms with van der Waals surface area (Å²) in [6.45, 7) is 3.98. The van der Waals surface area contributed by atoms with Crippen molar-refractivity contribution < 1.29 is 9.53 Å². The lowest BCUT2D eigenvalue weighted by atomic mass is 10.4. The molecule has 6 heteroatoms. The van der Waals surface area contributed by atoms with Crippen molar-refractivity contribution in [2.45, 2.75) is 25.0 Å². The van der Waals surface area contributed by atoms with Crippen LogP contribution in [-0.2, 0) is 9.53 Å². The predicted octanol–water partition coefficient (Wildman–Crippen LogP) is 0.768. The van der Waals surface area contributed by atoms with E-state index in [9.17, 15) is 4.79 Å². The molecule has 0 saturated heterocycles. The molecule has 5 nitrogen and oxygen atoms in total. The fourth-order valence-electron chi connectivity index (χ4n) is 0.977. The molecule has 1 rings (SSSR count). The molecule has 0 aromatic carbocycles. The van der Waals surface area contributed by atoms with Crippen LogP contribution >= 0.6 is 11.8 Å². The van der Waals surface area contributed by atoms with E-state index >= 15 is 0 Å². The van der Waals surface area contributed by atoms with E-state index in [-0.39, 0.29) is 5.97 Å². The van der Waals surface area contributed by atoms with E-state index in [2.05, 4.69) is 9.97 Å². The van der Waals surface area contributed by atoms with E-state index in [1.54, 1.807) is 13.1 Å². The summed E-state index contributed by atoms with van der Waals surface area (Å²) in [5, 5.41) is 0.625. The number of rotatable bonds is 5. The summed E-state index contributed by atoms with van der Waals surface area (Å²) in [7, 11) is 0. The van der Waals surface area contributed by atoms with Crippen LogP contribution in [0.15, 0.2) is 17.4 Å². The summed E-state index contributed by atoms with van der Waals surface area (Å²) in [5.74, 6) is 0.0325. The summed E-state index contributed by atoms with van der Waals surface area (Å²) < 4.78 is 4.80. The average molecular weight is 241 g/mol. The smallest absolute Gasteiger partial charge is 0.323 e. The molecule has 0 aliphatic rings. The predicted molar refractivity (Wildman–Crippen MR) is 62.1 cm³/mol. The van der Waals surface area contributed by atoms with E-state index in [0.29, 0.717) is 17.5 Å². The molecule has 1 heterocycles. The Kier molecular flexibility index (Phi) is 5.21. The van der Waals surface area contributed by atoms with Crippen LogP contribution in [0.1, 0.15) is 12.6 Å². The molecule has 0 amide bonds. The van der Waals surface area contributed by atoms with E-state index in [1.165, 1.54) is 11.8 Å². The van der Waals surface area contributed by atoms with Crippen LogP contribution in [0.2, 0.25) is 0 Å². The number of thioether (sulfide) groups is 1. The summed E-state index contributed by atoms with van der Waals surface area (Å²) >= 11 is 1.35. The second-order valence-electron chi connectivity index (χ2n) is 3.15. The molecule has 0 saturated carbocycles. The molecule has 16 heavy (non-hydrogen) atoms. The van der Waals surface area contributed by atoms with Crippen LogP contribution in [0, 0.1) is 6.92 Å². The molecule has 1 atom stereocenters. The van der Waals surface area contributed by atoms with Crippen molar-refractivity contribution in [1.82, 2.24) is 9.97 Å². The second-order valence-corrected chi connectivity index (χ2v) is 4.14. The van der Waals surface area contributed by atoms with Crippen LogP contribution in [0.4, 0.5) is 0 Å². The minimum atomic E-state index is -0.630. The lowest BCUT2D eigenvalue weighted by Gasteiger charge is -2.09. The molecular weight excluding hydrogens is 226 g/mol. The van der Waals surface area contributed by atoms with Gasteiger partial charge in [-0.25, -0.2) is 9.97 Å². The molecule has 1 unspecified atom stereocenters. The highest BCUT2D eigenvalue weighted by molar-refractivity contribution is 7.99. The lowest BCUT2D eigenvalue weighted by molar-refractivity contribution is -0.144. The summed E-state index contributed by atoms with van der Waals surface area (Å²) in [4.78, 5) is 19.5. The number of carbonyl (C=O) groups is 1. The van der Waals surface area contributed by atoms with Crippen molar-refractivity contribution in [1.29, 1.82) is 0 Å². The van der Waals surface area contributed by atoms with Gasteiger partial charge in [-0.15, -0.1) is 0 Å². The first-order valence-electron chi connectivity index (χ1n) is 4.98. The highest BCUT2D eigenvalue weighted by Crippen LogP contribution is 2.13. The Morgan fingerprint density at radius 2 is 2.44 bits per heavy atom. The van der Waals surface area contributed by atoms with Crippen LogP contribution in [0.5, 0.6) is 0 Å². The first kappa shape index (κ1) is 12.9. The number of esters is 1. The Hall–Kier alpha value is -1.14. The van der Waals surface area contributed by atoms with Gasteiger partial charge < -0.3 is 10.5 Å². The zero-order chi connectivity index (χ0) is 12.0. The zero-order valence-corrected chi connectivity index (χ0v) is 10.2. The van der Waals surface area contributed by atoms with Gasteiger partial charge in [0.2, 0.25) is 0 Å². The number of aryl methyl sites for hydroxylation is 1. The molecule has 1 aromatic rings. The molecular formula is C10H15N3O2S. The summed E-state index contributed by atoms with van der Waals surface area (Å²) in [6.07, 6.45) is 1.68. The first-order chi connectivity index (χ1) is 7.63. The molecule has 0 spiro atoms. The average Bonchev–Trinajstić information content (AvgIpc) is 2.26. The number of ether oxygens (including phenoxy) is 1. The van der Waals surface area contributed by atoms with Gasteiger partial charge in [0.25, 0.3) is 0 Å². The van der Waals surface area contributed by atoms with Gasteiger partial charge in [-0.2, -0.15) is 0 Å². The number of hydrogen-bond acceptors (Lipinski definition) is 6. The maximum Gasteiger partial charge on any atom is 0.323 e. The maximum absolute atomic E-state index is 11.2. The normalized spacial score (nSPS) is 12.2. The van der Waals surface area contributed by atoms with Gasteiger partial charge >= 0.3 is 5.97 Å². The number of aromatic nitrogens is 2. The fraction of sp³-hybridized carbons (Fsp3) is 0.500. The van der Waals surface area contributed by atoms with Gasteiger partial charge in [0.15, 0.2) is 5.16 Å². The van der Waals surface area contributed by atoms with Crippen LogP contribution < -0.4 is 5.73 Å². The quantitative estimate of drug-likeness (QED) is 0.466. The van der Waals surface area contributed by atoms with Gasteiger partial charge in [-0.1, -0.05) is 11.8 Å². The number of hydrogen-bond donors (Lipinski definition) is 1. The van der Waals surface area contributed by atoms with Crippen molar-refractivity contribution in [3.8, 4) is 0 Å². The van der Waals surface area contributed by atoms with Crippen molar-refractivity contribution in [2.75, 3.05) is 12.4 Å². The Bertz CT molecular complexity index is 360. The van der Waals surface area contributed by atoms with Crippen molar-refractivity contribution >= 4 is 17.7 Å². The molecule has 0 aliphatic heterocycles. The summed E-state index contributed by atoms with van der Waals surface area (Å²) in [6, 6.07) is 1.18. The highest BCUT2D eigenvalue weighted by Gasteiger charge is 2.15. The Labute approximate surface area is 98.8 Å². The Morgan fingerprint density at radius 3 is 3.06 bits per heavy atom. The summed E-state index contributed by atoms with van der Waals surface area (Å²) in [5.41, 5.74) is 6.53. The van der Waals surface area contributed by atoms with Crippen molar-refractivity contribution in [2.24, 2.45) is 5.73 Å². The molecule has 88 valence electrons. The standard InChI is InChI=1S/C10H15N3O2S/c1-3-15-9(14)8(11)6-16-10-12-5-4-7(2)13-10/h4-5,8H,3,6,11H2,1-2H3. The second kappa shape index (κ2) is 6.44. The molecule has 2 N–H and O–H groups in total. The van der Waals surface area contributed by atoms with Gasteiger partial charge in [0.1, 0.15) is 6.04 Å². The minimum Gasteiger partial charge on any atom is -0.465 e. The molecule has 0 aliphatic carbocycles. The minimum absolute atomic E-state index is 0.345. The van der Waals surface area contributed by atoms with E-state index in [0.717, 1.165) is 5.69 Å². The Morgan fingerprint density at radius 1 is 1.69 bits per heavy atom. The van der Waals surface area contributed by atoms with Crippen molar-refractivity contribution in [3.05, 3.63) is 18.0 Å². The van der Waals surface area contributed by atoms with Gasteiger partial charge in [0.05, 0.1) is 6.61 Å². The van der Waals surface area contributed by atoms with Gasteiger partial charge in [0, 0.05) is 17.6 Å². The molecule has 0 radical (unpaired) electrons. The van der Waals surface area contributed by atoms with E-state index in [4.69, 9.17) is 10.5 Å². The van der Waals surface area contributed by atoms with E-state index < -0.39 is 6.04 Å². The molecule has 1 aromatic heterocycles. The Balaban J connectivity index is 2.42. The van der Waals surface area contributed by atoms with Crippen LogP contribution in [-0.4, -0.2) is 34.3 Å². The zero-order valence-electron chi connectivity index (χ0n) is 9.34. The number of carbonyl (C=O) groups excluding carboxylic acids is 1. The topological polar surface area (TPSA) is 78.1 Å². The fourth-order valence-corrected chi connectivity index (χ4v) is 1.79. The largest absolute Gasteiger partial charge is 0.465 e. The first-order valence-corrected chi connectivity index (χ1v) is 5.96. The third-order valence-electron chi connectivity index (χ3n) is 1.75. The SMILES string of the molecule is CCOC(=O)C(N)CSc1nccc(C)n1. The number of nitrogens with zero attached hydrogens (tertiary/aromatic N) is 2. The van der Waals surface area contributed by atoms with Crippen molar-refractivity contribution in [3.63, 3.8) is 0 Å². The lowest BCUT2D eigenvalue weighted by Crippen LogP contribution is -2.34. The third-order valence-corrected chi connectivity index (χ3v) is 2.73. The molecule has 0 fully saturated rings. The van der Waals surface area contributed by atoms with E-state index in [1.807, 2.05) is 13.0 Å². The van der Waals surface area contributed by atoms with Gasteiger partial charge in [-0.05, 0) is 19.9 Å². The third kappa shape index (κ3) is 4.16. The monoisotopic (exact) mass is 241 g/mol. The molecule has 0 bridgehead atoms. The number of nitrogens with two attached hydrogens (primary N) is 1.